The lowest BCUT2D eigenvalue weighted by Gasteiger charge is -2.20. The van der Waals surface area contributed by atoms with Crippen LogP contribution in [0.2, 0.25) is 0 Å². The lowest BCUT2D eigenvalue weighted by atomic mass is 10.1. The molecule has 0 aromatic heterocycles. The van der Waals surface area contributed by atoms with Gasteiger partial charge in [0.05, 0.1) is 25.0 Å². The fourth-order valence-corrected chi connectivity index (χ4v) is 4.22. The Bertz CT molecular complexity index is 728. The Balaban J connectivity index is 0.000000283. The molecule has 12 heteroatoms. The molecule has 37 heavy (non-hydrogen) atoms. The van der Waals surface area contributed by atoms with Crippen LogP contribution in [-0.2, 0) is 19.1 Å². The van der Waals surface area contributed by atoms with Gasteiger partial charge in [0.25, 0.3) is 0 Å². The summed E-state index contributed by atoms with van der Waals surface area (Å²) in [5.41, 5.74) is 0. The highest BCUT2D eigenvalue weighted by molar-refractivity contribution is 5.78. The number of aliphatic hydroxyl groups is 1. The van der Waals surface area contributed by atoms with E-state index < -0.39 is 0 Å². The monoisotopic (exact) mass is 529 g/mol. The van der Waals surface area contributed by atoms with Gasteiger partial charge in [-0.1, -0.05) is 0 Å². The molecule has 0 spiro atoms. The number of hydrogen-bond donors (Lipinski definition) is 2. The summed E-state index contributed by atoms with van der Waals surface area (Å²) in [4.78, 5) is 51.9. The number of likely N-dealkylation sites (tertiary alicyclic amines) is 2. The molecule has 4 amide bonds. The van der Waals surface area contributed by atoms with Crippen LogP contribution in [0.1, 0.15) is 33.1 Å². The van der Waals surface area contributed by atoms with Crippen molar-refractivity contribution < 1.29 is 33.8 Å². The normalized spacial score (nSPS) is 22.3. The SMILES string of the molecule is CCOC(=O)C1CCN(C(=O)N(C)C)C1.CCOC(=O)C1CCNC1.CN(C)C(=O)N1CCC(CO)C1. The highest BCUT2D eigenvalue weighted by Crippen LogP contribution is 2.18. The zero-order chi connectivity index (χ0) is 28.0. The molecular weight excluding hydrogens is 482 g/mol. The summed E-state index contributed by atoms with van der Waals surface area (Å²) < 4.78 is 9.77. The molecular formula is C25H47N5O7. The first-order valence-electron chi connectivity index (χ1n) is 13.1. The second kappa shape index (κ2) is 17.0. The second-order valence-corrected chi connectivity index (χ2v) is 9.76. The number of nitrogens with one attached hydrogen (secondary N) is 1. The average Bonchev–Trinajstić information content (AvgIpc) is 3.65. The molecule has 3 aliphatic rings. The van der Waals surface area contributed by atoms with Crippen molar-refractivity contribution in [1.29, 1.82) is 0 Å². The molecule has 3 saturated heterocycles. The quantitative estimate of drug-likeness (QED) is 0.498. The van der Waals surface area contributed by atoms with Gasteiger partial charge in [0.2, 0.25) is 0 Å². The number of aliphatic hydroxyl groups excluding tert-OH is 1. The highest BCUT2D eigenvalue weighted by atomic mass is 16.5. The van der Waals surface area contributed by atoms with E-state index in [0.717, 1.165) is 32.5 Å². The molecule has 2 N–H and O–H groups in total. The number of hydrogen-bond acceptors (Lipinski definition) is 8. The van der Waals surface area contributed by atoms with Gasteiger partial charge in [-0.05, 0) is 39.7 Å². The molecule has 0 aromatic rings. The van der Waals surface area contributed by atoms with Gasteiger partial charge < -0.3 is 39.5 Å². The van der Waals surface area contributed by atoms with Gasteiger partial charge in [-0.25, -0.2) is 9.59 Å². The Kier molecular flexibility index (Phi) is 14.9. The number of ether oxygens (including phenoxy) is 2. The number of rotatable bonds is 5. The summed E-state index contributed by atoms with van der Waals surface area (Å²) in [5.74, 6) is 0.0155. The van der Waals surface area contributed by atoms with E-state index >= 15 is 0 Å². The second-order valence-electron chi connectivity index (χ2n) is 9.76. The maximum atomic E-state index is 11.6. The van der Waals surface area contributed by atoms with Crippen molar-refractivity contribution in [2.45, 2.75) is 33.1 Å². The Morgan fingerprint density at radius 2 is 1.32 bits per heavy atom. The van der Waals surface area contributed by atoms with E-state index in [-0.39, 0.29) is 48.4 Å². The Morgan fingerprint density at radius 1 is 0.811 bits per heavy atom. The third kappa shape index (κ3) is 11.1. The van der Waals surface area contributed by atoms with Gasteiger partial charge in [0.1, 0.15) is 0 Å². The molecule has 0 saturated carbocycles. The molecule has 3 fully saturated rings. The molecule has 12 nitrogen and oxygen atoms in total. The summed E-state index contributed by atoms with van der Waals surface area (Å²) in [5, 5.41) is 12.0. The largest absolute Gasteiger partial charge is 0.466 e. The van der Waals surface area contributed by atoms with Crippen molar-refractivity contribution in [3.63, 3.8) is 0 Å². The third-order valence-corrected chi connectivity index (χ3v) is 6.34. The number of amides is 4. The molecule has 3 heterocycles. The number of carbonyl (C=O) groups excluding carboxylic acids is 4. The summed E-state index contributed by atoms with van der Waals surface area (Å²) >= 11 is 0. The number of esters is 2. The molecule has 0 radical (unpaired) electrons. The van der Waals surface area contributed by atoms with Gasteiger partial charge in [-0.15, -0.1) is 0 Å². The zero-order valence-corrected chi connectivity index (χ0v) is 23.4. The lowest BCUT2D eigenvalue weighted by Crippen LogP contribution is -2.38. The van der Waals surface area contributed by atoms with Crippen LogP contribution in [0.15, 0.2) is 0 Å². The fourth-order valence-electron chi connectivity index (χ4n) is 4.22. The third-order valence-electron chi connectivity index (χ3n) is 6.34. The van der Waals surface area contributed by atoms with Crippen LogP contribution in [0.25, 0.3) is 0 Å². The maximum Gasteiger partial charge on any atom is 0.319 e. The minimum atomic E-state index is -0.188. The van der Waals surface area contributed by atoms with Gasteiger partial charge >= 0.3 is 24.0 Å². The predicted molar refractivity (Wildman–Crippen MR) is 139 cm³/mol. The van der Waals surface area contributed by atoms with E-state index in [1.54, 1.807) is 49.8 Å². The first-order chi connectivity index (χ1) is 17.5. The molecule has 0 aromatic carbocycles. The molecule has 3 aliphatic heterocycles. The highest BCUT2D eigenvalue weighted by Gasteiger charge is 2.32. The van der Waals surface area contributed by atoms with Crippen molar-refractivity contribution in [3.8, 4) is 0 Å². The molecule has 3 rings (SSSR count). The van der Waals surface area contributed by atoms with Crippen molar-refractivity contribution in [3.05, 3.63) is 0 Å². The number of carbonyl (C=O) groups is 4. The number of urea groups is 2. The molecule has 3 atom stereocenters. The minimum absolute atomic E-state index is 0.0400. The van der Waals surface area contributed by atoms with E-state index in [0.29, 0.717) is 39.3 Å². The molecule has 0 aliphatic carbocycles. The first kappa shape index (κ1) is 32.4. The van der Waals surface area contributed by atoms with Crippen LogP contribution in [-0.4, -0.2) is 136 Å². The van der Waals surface area contributed by atoms with Crippen molar-refractivity contribution in [2.24, 2.45) is 17.8 Å². The van der Waals surface area contributed by atoms with E-state index in [1.165, 1.54) is 4.90 Å². The topological polar surface area (TPSA) is 132 Å². The van der Waals surface area contributed by atoms with Crippen LogP contribution >= 0.6 is 0 Å². The van der Waals surface area contributed by atoms with Crippen molar-refractivity contribution in [2.75, 3.05) is 87.3 Å². The molecule has 0 bridgehead atoms. The summed E-state index contributed by atoms with van der Waals surface area (Å²) in [6.07, 6.45) is 2.56. The molecule has 214 valence electrons. The predicted octanol–water partition coefficient (Wildman–Crippen LogP) is 0.694. The van der Waals surface area contributed by atoms with E-state index in [9.17, 15) is 19.2 Å². The lowest BCUT2D eigenvalue weighted by molar-refractivity contribution is -0.148. The average molecular weight is 530 g/mol. The summed E-state index contributed by atoms with van der Waals surface area (Å²) in [6.45, 7) is 9.05. The first-order valence-corrected chi connectivity index (χ1v) is 13.1. The Labute approximate surface area is 221 Å². The smallest absolute Gasteiger partial charge is 0.319 e. The molecule has 3 unspecified atom stereocenters. The van der Waals surface area contributed by atoms with Gasteiger partial charge in [0.15, 0.2) is 0 Å². The van der Waals surface area contributed by atoms with Crippen molar-refractivity contribution >= 4 is 24.0 Å². The zero-order valence-electron chi connectivity index (χ0n) is 23.4. The Morgan fingerprint density at radius 3 is 1.76 bits per heavy atom. The standard InChI is InChI=1S/C10H18N2O3.C8H16N2O2.C7H13NO2/c1-4-15-9(13)8-5-6-12(7-8)10(14)11(2)3;1-9(2)8(12)10-4-3-7(5-10)6-11;1-2-10-7(9)6-3-4-8-5-6/h8H,4-7H2,1-3H3;7,11H,3-6H2,1-2H3;6,8H,2-5H2,1H3. The van der Waals surface area contributed by atoms with E-state index in [1.807, 2.05) is 6.92 Å². The van der Waals surface area contributed by atoms with Crippen LogP contribution in [0.5, 0.6) is 0 Å². The van der Waals surface area contributed by atoms with Gasteiger partial charge in [0, 0.05) is 73.4 Å². The van der Waals surface area contributed by atoms with E-state index in [2.05, 4.69) is 5.32 Å². The van der Waals surface area contributed by atoms with Crippen LogP contribution < -0.4 is 5.32 Å². The summed E-state index contributed by atoms with van der Waals surface area (Å²) in [7, 11) is 6.91. The van der Waals surface area contributed by atoms with Crippen LogP contribution in [0.3, 0.4) is 0 Å². The van der Waals surface area contributed by atoms with Gasteiger partial charge in [-0.3, -0.25) is 9.59 Å². The fraction of sp³-hybridized carbons (Fsp3) is 0.840. The summed E-state index contributed by atoms with van der Waals surface area (Å²) in [6, 6.07) is 0.00717. The minimum Gasteiger partial charge on any atom is -0.466 e. The van der Waals surface area contributed by atoms with E-state index in [4.69, 9.17) is 14.6 Å². The number of nitrogens with zero attached hydrogens (tertiary/aromatic N) is 4. The Hall–Kier alpha value is -2.60. The maximum absolute atomic E-state index is 11.6. The van der Waals surface area contributed by atoms with Gasteiger partial charge in [-0.2, -0.15) is 0 Å². The van der Waals surface area contributed by atoms with Crippen LogP contribution in [0, 0.1) is 17.8 Å². The van der Waals surface area contributed by atoms with Crippen LogP contribution in [0.4, 0.5) is 9.59 Å². The van der Waals surface area contributed by atoms with Crippen molar-refractivity contribution in [1.82, 2.24) is 24.9 Å².